The first-order valence-corrected chi connectivity index (χ1v) is 7.53. The maximum atomic E-state index is 13.6. The number of nitrogens with one attached hydrogen (secondary N) is 1. The lowest BCUT2D eigenvalue weighted by molar-refractivity contribution is 0.100. The Hall–Kier alpha value is -2.17. The van der Waals surface area contributed by atoms with E-state index in [0.29, 0.717) is 5.56 Å². The van der Waals surface area contributed by atoms with Crippen molar-refractivity contribution in [3.05, 3.63) is 52.9 Å². The predicted molar refractivity (Wildman–Crippen MR) is 88.1 cm³/mol. The normalized spacial score (nSPS) is 11.6. The Morgan fingerprint density at radius 2 is 1.83 bits per heavy atom. The van der Waals surface area contributed by atoms with E-state index in [0.717, 1.165) is 23.5 Å². The molecule has 0 aliphatic heterocycles. The Labute approximate surface area is 135 Å². The van der Waals surface area contributed by atoms with Crippen LogP contribution in [0.4, 0.5) is 14.5 Å². The molecule has 0 aliphatic carbocycles. The Balaban J connectivity index is 2.19. The minimum Gasteiger partial charge on any atom is -0.375 e. The van der Waals surface area contributed by atoms with Gasteiger partial charge in [0.2, 0.25) is 0 Å². The molecular weight excluding hydrogens is 298 g/mol. The molecule has 0 saturated carbocycles. The molecule has 1 aromatic heterocycles. The van der Waals surface area contributed by atoms with Gasteiger partial charge in [-0.25, -0.2) is 8.78 Å². The van der Waals surface area contributed by atoms with Crippen LogP contribution < -0.4 is 5.32 Å². The van der Waals surface area contributed by atoms with Crippen molar-refractivity contribution < 1.29 is 13.6 Å². The first-order valence-electron chi connectivity index (χ1n) is 7.53. The number of Topliss-reactive ketones (excluding diaryl/α,β-unsaturated/α-hetero) is 1. The largest absolute Gasteiger partial charge is 0.375 e. The molecule has 0 saturated heterocycles. The van der Waals surface area contributed by atoms with Gasteiger partial charge in [0, 0.05) is 28.6 Å². The highest BCUT2D eigenvalue weighted by atomic mass is 19.1. The molecule has 1 aromatic carbocycles. The van der Waals surface area contributed by atoms with E-state index in [9.17, 15) is 13.6 Å². The number of aryl methyl sites for hydroxylation is 1. The van der Waals surface area contributed by atoms with Gasteiger partial charge in [-0.05, 0) is 52.8 Å². The van der Waals surface area contributed by atoms with E-state index in [2.05, 4.69) is 30.7 Å². The van der Waals surface area contributed by atoms with Gasteiger partial charge >= 0.3 is 0 Å². The van der Waals surface area contributed by atoms with E-state index < -0.39 is 11.6 Å². The van der Waals surface area contributed by atoms with Crippen LogP contribution >= 0.6 is 0 Å². The molecule has 0 radical (unpaired) electrons. The van der Waals surface area contributed by atoms with Crippen molar-refractivity contribution in [1.29, 1.82) is 0 Å². The van der Waals surface area contributed by atoms with Gasteiger partial charge in [0.05, 0.1) is 12.2 Å². The van der Waals surface area contributed by atoms with Crippen LogP contribution in [0.15, 0.2) is 24.3 Å². The van der Waals surface area contributed by atoms with Gasteiger partial charge in [-0.15, -0.1) is 0 Å². The smallest absolute Gasteiger partial charge is 0.183 e. The molecule has 2 rings (SSSR count). The molecule has 5 heteroatoms. The lowest BCUT2D eigenvalue weighted by atomic mass is 10.1. The van der Waals surface area contributed by atoms with Crippen molar-refractivity contribution in [2.45, 2.75) is 40.2 Å². The van der Waals surface area contributed by atoms with Crippen molar-refractivity contribution >= 4 is 11.5 Å². The molecule has 0 bridgehead atoms. The summed E-state index contributed by atoms with van der Waals surface area (Å²) in [5.74, 6) is -1.48. The van der Waals surface area contributed by atoms with Crippen LogP contribution in [0.5, 0.6) is 0 Å². The van der Waals surface area contributed by atoms with Gasteiger partial charge < -0.3 is 9.88 Å². The third-order valence-electron chi connectivity index (χ3n) is 3.77. The zero-order valence-corrected chi connectivity index (χ0v) is 14.1. The SMILES string of the molecule is Cc1cc(C(=O)CNc2ccc(F)cc2F)c(C)n1C(C)(C)C. The third kappa shape index (κ3) is 3.60. The summed E-state index contributed by atoms with van der Waals surface area (Å²) in [7, 11) is 0. The summed E-state index contributed by atoms with van der Waals surface area (Å²) in [6.45, 7) is 10.1. The maximum Gasteiger partial charge on any atom is 0.183 e. The first-order chi connectivity index (χ1) is 10.6. The van der Waals surface area contributed by atoms with Gasteiger partial charge in [-0.2, -0.15) is 0 Å². The van der Waals surface area contributed by atoms with Gasteiger partial charge in [0.15, 0.2) is 5.78 Å². The van der Waals surface area contributed by atoms with E-state index in [-0.39, 0.29) is 23.6 Å². The zero-order valence-electron chi connectivity index (χ0n) is 14.1. The molecule has 0 aliphatic rings. The molecule has 1 N–H and O–H groups in total. The summed E-state index contributed by atoms with van der Waals surface area (Å²) < 4.78 is 28.6. The number of halogens is 2. The number of carbonyl (C=O) groups is 1. The van der Waals surface area contributed by atoms with E-state index >= 15 is 0 Å². The minimum atomic E-state index is -0.710. The quantitative estimate of drug-likeness (QED) is 0.846. The molecule has 2 aromatic rings. The summed E-state index contributed by atoms with van der Waals surface area (Å²) in [6.07, 6.45) is 0. The Bertz CT molecular complexity index is 742. The zero-order chi connectivity index (χ0) is 17.4. The predicted octanol–water partition coefficient (Wildman–Crippen LogP) is 4.43. The number of anilines is 1. The monoisotopic (exact) mass is 320 g/mol. The minimum absolute atomic E-state index is 0.0447. The number of hydrogen-bond acceptors (Lipinski definition) is 2. The Morgan fingerprint density at radius 1 is 1.17 bits per heavy atom. The van der Waals surface area contributed by atoms with E-state index in [4.69, 9.17) is 0 Å². The van der Waals surface area contributed by atoms with Gasteiger partial charge in [0.1, 0.15) is 11.6 Å². The van der Waals surface area contributed by atoms with Crippen LogP contribution in [0.25, 0.3) is 0 Å². The highest BCUT2D eigenvalue weighted by molar-refractivity contribution is 6.00. The molecule has 0 unspecified atom stereocenters. The average molecular weight is 320 g/mol. The van der Waals surface area contributed by atoms with Crippen LogP contribution in [-0.4, -0.2) is 16.9 Å². The van der Waals surface area contributed by atoms with Crippen molar-refractivity contribution in [2.75, 3.05) is 11.9 Å². The van der Waals surface area contributed by atoms with E-state index in [1.165, 1.54) is 6.07 Å². The number of hydrogen-bond donors (Lipinski definition) is 1. The second-order valence-corrected chi connectivity index (χ2v) is 6.69. The van der Waals surface area contributed by atoms with E-state index in [1.807, 2.05) is 19.9 Å². The third-order valence-corrected chi connectivity index (χ3v) is 3.77. The molecule has 3 nitrogen and oxygen atoms in total. The highest BCUT2D eigenvalue weighted by Gasteiger charge is 2.22. The maximum absolute atomic E-state index is 13.6. The number of carbonyl (C=O) groups excluding carboxylic acids is 1. The number of nitrogens with zero attached hydrogens (tertiary/aromatic N) is 1. The van der Waals surface area contributed by atoms with Crippen molar-refractivity contribution in [3.63, 3.8) is 0 Å². The first kappa shape index (κ1) is 17.2. The summed E-state index contributed by atoms with van der Waals surface area (Å²) in [5, 5.41) is 2.73. The molecular formula is C18H22F2N2O. The van der Waals surface area contributed by atoms with Crippen LogP contribution in [0.2, 0.25) is 0 Å². The highest BCUT2D eigenvalue weighted by Crippen LogP contribution is 2.25. The Kier molecular flexibility index (Phi) is 4.59. The average Bonchev–Trinajstić information content (AvgIpc) is 2.72. The topological polar surface area (TPSA) is 34.0 Å². The lowest BCUT2D eigenvalue weighted by Gasteiger charge is -2.25. The molecule has 0 atom stereocenters. The Morgan fingerprint density at radius 3 is 2.35 bits per heavy atom. The van der Waals surface area contributed by atoms with Gasteiger partial charge in [0.25, 0.3) is 0 Å². The standard InChI is InChI=1S/C18H22F2N2O/c1-11-8-14(12(2)22(11)18(3,4)5)17(23)10-21-16-7-6-13(19)9-15(16)20/h6-9,21H,10H2,1-5H3. The fraction of sp³-hybridized carbons (Fsp3) is 0.389. The number of aromatic nitrogens is 1. The second-order valence-electron chi connectivity index (χ2n) is 6.69. The van der Waals surface area contributed by atoms with E-state index in [1.54, 1.807) is 0 Å². The molecule has 23 heavy (non-hydrogen) atoms. The summed E-state index contributed by atoms with van der Waals surface area (Å²) >= 11 is 0. The number of rotatable bonds is 4. The molecule has 0 spiro atoms. The van der Waals surface area contributed by atoms with Crippen molar-refractivity contribution in [1.82, 2.24) is 4.57 Å². The number of ketones is 1. The molecule has 124 valence electrons. The summed E-state index contributed by atoms with van der Waals surface area (Å²) in [6, 6.07) is 5.08. The van der Waals surface area contributed by atoms with Crippen LogP contribution in [0.3, 0.4) is 0 Å². The molecule has 0 fully saturated rings. The van der Waals surface area contributed by atoms with Crippen molar-refractivity contribution in [3.8, 4) is 0 Å². The fourth-order valence-corrected chi connectivity index (χ4v) is 2.98. The fourth-order valence-electron chi connectivity index (χ4n) is 2.98. The second kappa shape index (κ2) is 6.14. The van der Waals surface area contributed by atoms with Crippen LogP contribution in [0.1, 0.15) is 42.5 Å². The molecule has 0 amide bonds. The summed E-state index contributed by atoms with van der Waals surface area (Å²) in [4.78, 5) is 12.4. The van der Waals surface area contributed by atoms with Crippen LogP contribution in [-0.2, 0) is 5.54 Å². The lowest BCUT2D eigenvalue weighted by Crippen LogP contribution is -2.24. The van der Waals surface area contributed by atoms with Crippen molar-refractivity contribution in [2.24, 2.45) is 0 Å². The summed E-state index contributed by atoms with van der Waals surface area (Å²) in [5.41, 5.74) is 2.51. The van der Waals surface area contributed by atoms with Gasteiger partial charge in [-0.3, -0.25) is 4.79 Å². The number of benzene rings is 1. The van der Waals surface area contributed by atoms with Gasteiger partial charge in [-0.1, -0.05) is 0 Å². The molecule has 1 heterocycles. The van der Waals surface area contributed by atoms with Crippen LogP contribution in [0, 0.1) is 25.5 Å².